The molecule has 290 valence electrons. The number of aromatic nitrogens is 8. The van der Waals surface area contributed by atoms with Gasteiger partial charge in [0.05, 0.1) is 14.3 Å². The molecule has 2 aliphatic rings. The second-order valence-electron chi connectivity index (χ2n) is 15.2. The Morgan fingerprint density at radius 3 is 1.52 bits per heavy atom. The summed E-state index contributed by atoms with van der Waals surface area (Å²) in [6.07, 6.45) is 23.0. The van der Waals surface area contributed by atoms with Crippen LogP contribution in [0, 0.1) is 0 Å². The van der Waals surface area contributed by atoms with Gasteiger partial charge in [-0.1, -0.05) is 104 Å². The van der Waals surface area contributed by atoms with Gasteiger partial charge in [-0.05, 0) is 60.0 Å². The number of rotatable bonds is 18. The van der Waals surface area contributed by atoms with Crippen molar-refractivity contribution >= 4 is 88.1 Å². The van der Waals surface area contributed by atoms with E-state index in [0.29, 0.717) is 11.6 Å². The van der Waals surface area contributed by atoms with Gasteiger partial charge in [0.25, 0.3) is 0 Å². The second-order valence-corrected chi connectivity index (χ2v) is 19.2. The van der Waals surface area contributed by atoms with Gasteiger partial charge in [-0.3, -0.25) is 0 Å². The summed E-state index contributed by atoms with van der Waals surface area (Å²) in [5, 5.41) is 8.45. The lowest BCUT2D eigenvalue weighted by Gasteiger charge is -2.03. The van der Waals surface area contributed by atoms with Crippen LogP contribution < -0.4 is 0 Å². The molecule has 0 radical (unpaired) electrons. The van der Waals surface area contributed by atoms with Crippen molar-refractivity contribution in [3.63, 3.8) is 0 Å². The molecule has 2 aliphatic heterocycles. The standard InChI is InChI=1S/C44H50N8S4/c1-3-5-7-9-11-13-15-17-19-30-32-33(31(56-30)20-18-16-14-12-10-8-6-4-2)41-51-40(32)45-37-27-21-24-53-34(27)42(46-37)47-38-28-22-25-54-35(28)43(48-38)49-39-29-23-26-55-36(29)44(50-39)52-41/h21-26H,3-20H2,1-2H3,(H2,45,46,47,48,49,50,51,52). The number of thiophene rings is 4. The van der Waals surface area contributed by atoms with Crippen LogP contribution >= 0.6 is 45.3 Å². The lowest BCUT2D eigenvalue weighted by molar-refractivity contribution is 0.576. The van der Waals surface area contributed by atoms with Crippen molar-refractivity contribution in [2.45, 2.75) is 129 Å². The summed E-state index contributed by atoms with van der Waals surface area (Å²) in [4.78, 5) is 42.5. The molecule has 7 aromatic rings. The number of fused-ring (bicyclic) bond motifs is 20. The van der Waals surface area contributed by atoms with E-state index in [2.05, 4.69) is 58.2 Å². The first kappa shape index (κ1) is 37.7. The van der Waals surface area contributed by atoms with Crippen molar-refractivity contribution in [3.8, 4) is 44.9 Å². The first-order chi connectivity index (χ1) is 27.7. The van der Waals surface area contributed by atoms with Gasteiger partial charge in [-0.2, -0.15) is 0 Å². The molecule has 8 nitrogen and oxygen atoms in total. The van der Waals surface area contributed by atoms with Crippen molar-refractivity contribution in [1.29, 1.82) is 0 Å². The van der Waals surface area contributed by atoms with Crippen LogP contribution in [0.3, 0.4) is 0 Å². The van der Waals surface area contributed by atoms with Crippen molar-refractivity contribution in [3.05, 3.63) is 44.1 Å². The molecule has 0 spiro atoms. The highest BCUT2D eigenvalue weighted by Gasteiger charge is 2.30. The van der Waals surface area contributed by atoms with Gasteiger partial charge in [0.2, 0.25) is 0 Å². The monoisotopic (exact) mass is 818 g/mol. The molecule has 7 aromatic heterocycles. The molecule has 56 heavy (non-hydrogen) atoms. The number of H-pyrrole nitrogens is 2. The van der Waals surface area contributed by atoms with Gasteiger partial charge in [0.15, 0.2) is 34.6 Å². The zero-order chi connectivity index (χ0) is 37.8. The summed E-state index contributed by atoms with van der Waals surface area (Å²) in [6.45, 7) is 4.58. The van der Waals surface area contributed by atoms with Gasteiger partial charge in [-0.25, -0.2) is 29.9 Å². The summed E-state index contributed by atoms with van der Waals surface area (Å²) in [5.41, 5.74) is 6.50. The topological polar surface area (TPSA) is 109 Å². The summed E-state index contributed by atoms with van der Waals surface area (Å²) in [7, 11) is 0. The number of nitrogens with zero attached hydrogens (tertiary/aromatic N) is 6. The predicted molar refractivity (Wildman–Crippen MR) is 240 cm³/mol. The third-order valence-electron chi connectivity index (χ3n) is 11.2. The fourth-order valence-electron chi connectivity index (χ4n) is 8.19. The van der Waals surface area contributed by atoms with Crippen LogP contribution in [0.5, 0.6) is 0 Å². The molecule has 2 N–H and O–H groups in total. The van der Waals surface area contributed by atoms with E-state index < -0.39 is 0 Å². The number of aromatic amines is 2. The molecule has 0 aromatic carbocycles. The lowest BCUT2D eigenvalue weighted by Crippen LogP contribution is -1.89. The molecule has 9 rings (SSSR count). The number of nitrogens with one attached hydrogen (secondary N) is 2. The van der Waals surface area contributed by atoms with Gasteiger partial charge in [-0.15, -0.1) is 45.3 Å². The van der Waals surface area contributed by atoms with E-state index in [-0.39, 0.29) is 0 Å². The lowest BCUT2D eigenvalue weighted by atomic mass is 10.0. The molecular weight excluding hydrogens is 769 g/mol. The van der Waals surface area contributed by atoms with Crippen LogP contribution in [0.2, 0.25) is 0 Å². The van der Waals surface area contributed by atoms with Crippen LogP contribution in [0.15, 0.2) is 34.3 Å². The van der Waals surface area contributed by atoms with Crippen LogP contribution in [-0.4, -0.2) is 39.9 Å². The average Bonchev–Trinajstić information content (AvgIpc) is 4.05. The Morgan fingerprint density at radius 1 is 0.446 bits per heavy atom. The minimum Gasteiger partial charge on any atom is -0.323 e. The molecule has 8 bridgehead atoms. The van der Waals surface area contributed by atoms with Gasteiger partial charge < -0.3 is 9.97 Å². The Bertz CT molecular complexity index is 2620. The zero-order valence-corrected chi connectivity index (χ0v) is 35.8. The maximum absolute atomic E-state index is 5.39. The zero-order valence-electron chi connectivity index (χ0n) is 32.5. The number of unbranched alkanes of at least 4 members (excludes halogenated alkanes) is 14. The number of aryl methyl sites for hydroxylation is 2. The Labute approximate surface area is 344 Å². The highest BCUT2D eigenvalue weighted by molar-refractivity contribution is 7.18. The van der Waals surface area contributed by atoms with E-state index in [0.717, 1.165) is 77.7 Å². The van der Waals surface area contributed by atoms with E-state index in [4.69, 9.17) is 29.9 Å². The molecular formula is C44H50N8S4. The third kappa shape index (κ3) is 7.62. The molecule has 9 heterocycles. The van der Waals surface area contributed by atoms with Crippen molar-refractivity contribution < 1.29 is 0 Å². The Kier molecular flexibility index (Phi) is 11.7. The van der Waals surface area contributed by atoms with Crippen molar-refractivity contribution in [2.75, 3.05) is 0 Å². The molecule has 0 atom stereocenters. The first-order valence-electron chi connectivity index (χ1n) is 20.9. The quantitative estimate of drug-likeness (QED) is 0.0835. The van der Waals surface area contributed by atoms with E-state index in [9.17, 15) is 0 Å². The van der Waals surface area contributed by atoms with E-state index >= 15 is 0 Å². The fraction of sp³-hybridized carbons (Fsp3) is 0.455. The molecule has 0 saturated heterocycles. The summed E-state index contributed by atoms with van der Waals surface area (Å²) in [5.74, 6) is 2.84. The van der Waals surface area contributed by atoms with Crippen molar-refractivity contribution in [1.82, 2.24) is 39.9 Å². The smallest absolute Gasteiger partial charge is 0.174 e. The maximum atomic E-state index is 5.39. The van der Waals surface area contributed by atoms with Crippen LogP contribution in [0.1, 0.15) is 126 Å². The predicted octanol–water partition coefficient (Wildman–Crippen LogP) is 14.5. The molecule has 0 aliphatic carbocycles. The average molecular weight is 819 g/mol. The highest BCUT2D eigenvalue weighted by Crippen LogP contribution is 2.47. The minimum atomic E-state index is 0.674. The Morgan fingerprint density at radius 2 is 0.911 bits per heavy atom. The van der Waals surface area contributed by atoms with E-state index in [1.54, 1.807) is 34.0 Å². The second kappa shape index (κ2) is 17.3. The van der Waals surface area contributed by atoms with Crippen LogP contribution in [-0.2, 0) is 12.8 Å². The van der Waals surface area contributed by atoms with Crippen LogP contribution in [0.25, 0.3) is 87.6 Å². The molecule has 0 fully saturated rings. The Balaban J connectivity index is 1.17. The van der Waals surface area contributed by atoms with Gasteiger partial charge in [0.1, 0.15) is 11.3 Å². The third-order valence-corrected chi connectivity index (χ3v) is 15.2. The fourth-order valence-corrected chi connectivity index (χ4v) is 12.1. The minimum absolute atomic E-state index is 0.674. The Hall–Kier alpha value is -3.84. The molecule has 0 amide bonds. The van der Waals surface area contributed by atoms with Crippen molar-refractivity contribution in [2.24, 2.45) is 0 Å². The number of hydrogen-bond acceptors (Lipinski definition) is 10. The summed E-state index contributed by atoms with van der Waals surface area (Å²) < 4.78 is 2.16. The van der Waals surface area contributed by atoms with Crippen LogP contribution in [0.4, 0.5) is 0 Å². The molecule has 12 heteroatoms. The van der Waals surface area contributed by atoms with E-state index in [1.807, 2.05) is 11.3 Å². The molecule has 0 unspecified atom stereocenters. The first-order valence-corrected chi connectivity index (χ1v) is 24.4. The molecule has 0 saturated carbocycles. The van der Waals surface area contributed by atoms with Gasteiger partial charge in [0, 0.05) is 37.2 Å². The highest BCUT2D eigenvalue weighted by atomic mass is 32.1. The van der Waals surface area contributed by atoms with E-state index in [1.165, 1.54) is 124 Å². The van der Waals surface area contributed by atoms with Gasteiger partial charge >= 0.3 is 0 Å². The number of hydrogen-bond donors (Lipinski definition) is 2. The summed E-state index contributed by atoms with van der Waals surface area (Å²) in [6, 6.07) is 6.37. The SMILES string of the molecule is CCCCCCCCCCc1sc(CCCCCCCCCC)c2c1-c1nc3nc(nc4[nH]c(nc5[nH]c(nc-2n1)c1sccc51)c1sccc41)-c1sccc1-3. The normalized spacial score (nSPS) is 12.3. The summed E-state index contributed by atoms with van der Waals surface area (Å²) >= 11 is 7.01. The largest absolute Gasteiger partial charge is 0.323 e. The maximum Gasteiger partial charge on any atom is 0.174 e.